The Kier molecular flexibility index (Phi) is 7.25. The van der Waals surface area contributed by atoms with Crippen LogP contribution in [0.1, 0.15) is 53.0 Å². The average molecular weight is 511 g/mol. The molecule has 3 aliphatic carbocycles. The fourth-order valence-corrected chi connectivity index (χ4v) is 6.93. The molecule has 0 radical (unpaired) electrons. The number of benzene rings is 1. The summed E-state index contributed by atoms with van der Waals surface area (Å²) in [5.74, 6) is -3.19. The highest BCUT2D eigenvalue weighted by atomic mass is 16.5. The molecule has 0 amide bonds. The third kappa shape index (κ3) is 4.91. The Hall–Kier alpha value is -2.77. The quantitative estimate of drug-likeness (QED) is 0.445. The fraction of sp³-hybridized carbons (Fsp3) is 0.567. The van der Waals surface area contributed by atoms with Crippen molar-refractivity contribution in [3.63, 3.8) is 0 Å². The second-order valence-electron chi connectivity index (χ2n) is 11.8. The van der Waals surface area contributed by atoms with Gasteiger partial charge in [-0.3, -0.25) is 14.4 Å². The molecule has 0 saturated heterocycles. The normalized spacial score (nSPS) is 34.4. The van der Waals surface area contributed by atoms with Gasteiger partial charge in [-0.1, -0.05) is 63.3 Å². The van der Waals surface area contributed by atoms with Crippen molar-refractivity contribution in [2.45, 2.75) is 65.1 Å². The van der Waals surface area contributed by atoms with Crippen molar-refractivity contribution in [2.24, 2.45) is 29.1 Å². The molecule has 7 nitrogen and oxygen atoms in total. The molecule has 37 heavy (non-hydrogen) atoms. The second kappa shape index (κ2) is 9.84. The summed E-state index contributed by atoms with van der Waals surface area (Å²) in [5, 5.41) is 24.2. The molecule has 200 valence electrons. The molecule has 3 aliphatic rings. The Bertz CT molecular complexity index is 1130. The number of carbonyl (C=O) groups excluding carboxylic acids is 3. The highest BCUT2D eigenvalue weighted by Gasteiger charge is 2.66. The van der Waals surface area contributed by atoms with Crippen LogP contribution in [0.25, 0.3) is 0 Å². The standard InChI is InChI=1S/C30H38O7/c1-18-11-25-29(34,27(18)33)15-22(16-36-20(3)31)12-23-24(28(4,5)14-19(2)30(23,25)35)17-37-26(32)13-21-9-7-6-8-10-21/h6-12,19,23-25,34-35H,13-17H2,1-5H3/t19-,23+,24-,25-,29-,30-/m1/s1. The van der Waals surface area contributed by atoms with E-state index in [1.54, 1.807) is 13.0 Å². The van der Waals surface area contributed by atoms with Crippen molar-refractivity contribution in [1.29, 1.82) is 0 Å². The number of ketones is 1. The summed E-state index contributed by atoms with van der Waals surface area (Å²) < 4.78 is 11.1. The van der Waals surface area contributed by atoms with Gasteiger partial charge in [0.2, 0.25) is 0 Å². The van der Waals surface area contributed by atoms with Crippen LogP contribution < -0.4 is 0 Å². The zero-order valence-electron chi connectivity index (χ0n) is 22.3. The van der Waals surface area contributed by atoms with Crippen LogP contribution >= 0.6 is 0 Å². The number of aliphatic hydroxyl groups is 2. The maximum absolute atomic E-state index is 13.2. The molecule has 6 atom stereocenters. The van der Waals surface area contributed by atoms with Crippen molar-refractivity contribution in [3.8, 4) is 0 Å². The van der Waals surface area contributed by atoms with E-state index in [-0.39, 0.29) is 49.3 Å². The first-order valence-electron chi connectivity index (χ1n) is 13.0. The lowest BCUT2D eigenvalue weighted by molar-refractivity contribution is -0.199. The summed E-state index contributed by atoms with van der Waals surface area (Å²) in [5.41, 5.74) is -1.78. The molecule has 1 saturated carbocycles. The molecular weight excluding hydrogens is 472 g/mol. The number of Topliss-reactive ketones (excluding diaryl/α,β-unsaturated/α-hetero) is 1. The van der Waals surface area contributed by atoms with Crippen molar-refractivity contribution in [3.05, 3.63) is 59.2 Å². The van der Waals surface area contributed by atoms with E-state index in [0.717, 1.165) is 5.56 Å². The zero-order valence-corrected chi connectivity index (χ0v) is 22.3. The first-order chi connectivity index (χ1) is 17.3. The molecule has 1 fully saturated rings. The molecule has 1 aromatic carbocycles. The Morgan fingerprint density at radius 2 is 1.76 bits per heavy atom. The van der Waals surface area contributed by atoms with Gasteiger partial charge in [-0.25, -0.2) is 0 Å². The molecule has 4 rings (SSSR count). The van der Waals surface area contributed by atoms with E-state index in [1.807, 2.05) is 43.3 Å². The molecule has 0 heterocycles. The number of hydrogen-bond acceptors (Lipinski definition) is 7. The number of rotatable bonds is 6. The lowest BCUT2D eigenvalue weighted by atomic mass is 9.50. The third-order valence-corrected chi connectivity index (χ3v) is 8.76. The number of carbonyl (C=O) groups is 3. The van der Waals surface area contributed by atoms with Gasteiger partial charge < -0.3 is 19.7 Å². The highest BCUT2D eigenvalue weighted by Crippen LogP contribution is 2.60. The van der Waals surface area contributed by atoms with Gasteiger partial charge in [-0.05, 0) is 41.4 Å². The van der Waals surface area contributed by atoms with Gasteiger partial charge in [0.1, 0.15) is 12.2 Å². The van der Waals surface area contributed by atoms with Gasteiger partial charge in [0.25, 0.3) is 0 Å². The third-order valence-electron chi connectivity index (χ3n) is 8.76. The second-order valence-corrected chi connectivity index (χ2v) is 11.8. The summed E-state index contributed by atoms with van der Waals surface area (Å²) in [6, 6.07) is 9.37. The SMILES string of the molecule is CC(=O)OCC1=C[C@H]2[C@@H](COC(=O)Cc3ccccc3)C(C)(C)C[C@@H](C)[C@]2(O)[C@@H]2C=C(C)C(=O)[C@@]2(O)C1. The highest BCUT2D eigenvalue weighted by molar-refractivity contribution is 6.04. The van der Waals surface area contributed by atoms with Crippen LogP contribution in [-0.4, -0.2) is 52.4 Å². The van der Waals surface area contributed by atoms with Gasteiger partial charge in [-0.2, -0.15) is 0 Å². The number of hydrogen-bond donors (Lipinski definition) is 2. The van der Waals surface area contributed by atoms with Crippen LogP contribution in [0.2, 0.25) is 0 Å². The van der Waals surface area contributed by atoms with Crippen LogP contribution in [0, 0.1) is 29.1 Å². The monoisotopic (exact) mass is 510 g/mol. The minimum Gasteiger partial charge on any atom is -0.465 e. The van der Waals surface area contributed by atoms with E-state index >= 15 is 0 Å². The van der Waals surface area contributed by atoms with E-state index in [0.29, 0.717) is 17.6 Å². The summed E-state index contributed by atoms with van der Waals surface area (Å²) >= 11 is 0. The van der Waals surface area contributed by atoms with Gasteiger partial charge in [0.05, 0.1) is 18.6 Å². The van der Waals surface area contributed by atoms with E-state index in [1.165, 1.54) is 6.92 Å². The van der Waals surface area contributed by atoms with Crippen molar-refractivity contribution < 1.29 is 34.1 Å². The molecule has 0 aliphatic heterocycles. The number of ether oxygens (including phenoxy) is 2. The summed E-state index contributed by atoms with van der Waals surface area (Å²) in [7, 11) is 0. The molecule has 0 spiro atoms. The fourth-order valence-electron chi connectivity index (χ4n) is 6.93. The Morgan fingerprint density at radius 3 is 2.41 bits per heavy atom. The van der Waals surface area contributed by atoms with Crippen molar-refractivity contribution >= 4 is 17.7 Å². The van der Waals surface area contributed by atoms with Crippen LogP contribution in [0.3, 0.4) is 0 Å². The van der Waals surface area contributed by atoms with Gasteiger partial charge in [0, 0.05) is 31.1 Å². The maximum atomic E-state index is 13.2. The van der Waals surface area contributed by atoms with Gasteiger partial charge in [0.15, 0.2) is 5.78 Å². The Morgan fingerprint density at radius 1 is 1.08 bits per heavy atom. The molecule has 0 aromatic heterocycles. The minimum absolute atomic E-state index is 0.0376. The smallest absolute Gasteiger partial charge is 0.310 e. The Balaban J connectivity index is 1.71. The number of esters is 2. The van der Waals surface area contributed by atoms with E-state index in [4.69, 9.17) is 9.47 Å². The topological polar surface area (TPSA) is 110 Å². The lowest BCUT2D eigenvalue weighted by Crippen LogP contribution is -2.64. The largest absolute Gasteiger partial charge is 0.465 e. The summed E-state index contributed by atoms with van der Waals surface area (Å²) in [6.07, 6.45) is 4.28. The average Bonchev–Trinajstić information content (AvgIpc) is 2.98. The molecular formula is C30H38O7. The molecule has 0 bridgehead atoms. The van der Waals surface area contributed by atoms with Crippen molar-refractivity contribution in [2.75, 3.05) is 13.2 Å². The van der Waals surface area contributed by atoms with Gasteiger partial charge >= 0.3 is 11.9 Å². The van der Waals surface area contributed by atoms with E-state index < -0.39 is 34.8 Å². The zero-order chi connectivity index (χ0) is 27.2. The predicted octanol–water partition coefficient (Wildman–Crippen LogP) is 3.57. The van der Waals surface area contributed by atoms with E-state index in [2.05, 4.69) is 13.8 Å². The van der Waals surface area contributed by atoms with Crippen LogP contribution in [0.15, 0.2) is 53.6 Å². The number of fused-ring (bicyclic) bond motifs is 3. The minimum atomic E-state index is -1.83. The molecule has 7 heteroatoms. The van der Waals surface area contributed by atoms with Crippen molar-refractivity contribution in [1.82, 2.24) is 0 Å². The predicted molar refractivity (Wildman–Crippen MR) is 137 cm³/mol. The summed E-state index contributed by atoms with van der Waals surface area (Å²) in [4.78, 5) is 37.5. The van der Waals surface area contributed by atoms with E-state index in [9.17, 15) is 24.6 Å². The molecule has 1 aromatic rings. The first-order valence-corrected chi connectivity index (χ1v) is 13.0. The lowest BCUT2D eigenvalue weighted by Gasteiger charge is -2.57. The molecule has 0 unspecified atom stereocenters. The molecule has 2 N–H and O–H groups in total. The Labute approximate surface area is 218 Å². The maximum Gasteiger partial charge on any atom is 0.310 e. The first kappa shape index (κ1) is 27.3. The van der Waals surface area contributed by atoms with Crippen LogP contribution in [0.4, 0.5) is 0 Å². The van der Waals surface area contributed by atoms with Crippen LogP contribution in [-0.2, 0) is 30.3 Å². The summed E-state index contributed by atoms with van der Waals surface area (Å²) in [6.45, 7) is 9.09. The van der Waals surface area contributed by atoms with Crippen LogP contribution in [0.5, 0.6) is 0 Å². The van der Waals surface area contributed by atoms with Gasteiger partial charge in [-0.15, -0.1) is 0 Å².